The molecule has 0 spiro atoms. The number of carbonyl (C=O) groups is 1. The highest BCUT2D eigenvalue weighted by Crippen LogP contribution is 2.37. The highest BCUT2D eigenvalue weighted by molar-refractivity contribution is 5.88. The number of hydrogen-bond donors (Lipinski definition) is 2. The van der Waals surface area contributed by atoms with Crippen LogP contribution < -0.4 is 14.8 Å². The zero-order valence-corrected chi connectivity index (χ0v) is 13.1. The molecule has 0 aliphatic rings. The molecule has 1 rings (SSSR count). The third-order valence-electron chi connectivity index (χ3n) is 2.57. The van der Waals surface area contributed by atoms with Crippen LogP contribution in [0.2, 0.25) is 0 Å². The molecule has 0 radical (unpaired) electrons. The van der Waals surface area contributed by atoms with Crippen molar-refractivity contribution in [2.75, 3.05) is 26.1 Å². The van der Waals surface area contributed by atoms with E-state index in [-0.39, 0.29) is 6.61 Å². The van der Waals surface area contributed by atoms with Crippen molar-refractivity contribution in [2.24, 2.45) is 0 Å². The lowest BCUT2D eigenvalue weighted by Gasteiger charge is -2.21. The number of ether oxygens (including phenoxy) is 3. The summed E-state index contributed by atoms with van der Waals surface area (Å²) in [5.41, 5.74) is 0.667. The minimum Gasteiger partial charge on any atom is -0.493 e. The Kier molecular flexibility index (Phi) is 5.84. The van der Waals surface area contributed by atoms with E-state index < -0.39 is 11.7 Å². The molecule has 1 amide bonds. The van der Waals surface area contributed by atoms with Crippen molar-refractivity contribution in [3.05, 3.63) is 17.7 Å². The molecule has 0 aromatic heterocycles. The molecular weight excluding hydrogens is 274 g/mol. The summed E-state index contributed by atoms with van der Waals surface area (Å²) < 4.78 is 15.7. The second-order valence-corrected chi connectivity index (χ2v) is 5.48. The molecular formula is C15H23NO5. The lowest BCUT2D eigenvalue weighted by Crippen LogP contribution is -2.27. The number of benzene rings is 1. The van der Waals surface area contributed by atoms with Crippen LogP contribution in [0.4, 0.5) is 10.5 Å². The minimum absolute atomic E-state index is 0.00135. The van der Waals surface area contributed by atoms with Crippen molar-refractivity contribution in [2.45, 2.75) is 32.8 Å². The van der Waals surface area contributed by atoms with Crippen LogP contribution >= 0.6 is 0 Å². The molecule has 0 fully saturated rings. The number of methoxy groups -OCH3 is 2. The first kappa shape index (κ1) is 17.1. The van der Waals surface area contributed by atoms with Gasteiger partial charge >= 0.3 is 6.09 Å². The van der Waals surface area contributed by atoms with Crippen molar-refractivity contribution >= 4 is 11.8 Å². The standard InChI is InChI=1S/C15H23NO5/c1-15(2,3)21-14(18)16-11-8-10(6-7-17)9-12(19-4)13(11)20-5/h8-9,17H,6-7H2,1-5H3,(H,16,18). The van der Waals surface area contributed by atoms with Gasteiger partial charge in [0, 0.05) is 6.61 Å². The summed E-state index contributed by atoms with van der Waals surface area (Å²) in [6.07, 6.45) is -0.132. The van der Waals surface area contributed by atoms with Crippen molar-refractivity contribution < 1.29 is 24.1 Å². The quantitative estimate of drug-likeness (QED) is 0.873. The fourth-order valence-corrected chi connectivity index (χ4v) is 1.80. The highest BCUT2D eigenvalue weighted by atomic mass is 16.6. The number of carbonyl (C=O) groups excluding carboxylic acids is 1. The number of rotatable bonds is 5. The highest BCUT2D eigenvalue weighted by Gasteiger charge is 2.19. The summed E-state index contributed by atoms with van der Waals surface area (Å²) in [7, 11) is 3.00. The second-order valence-electron chi connectivity index (χ2n) is 5.48. The summed E-state index contributed by atoms with van der Waals surface area (Å²) in [5, 5.41) is 11.7. The summed E-state index contributed by atoms with van der Waals surface area (Å²) in [4.78, 5) is 11.9. The van der Waals surface area contributed by atoms with Crippen molar-refractivity contribution in [3.8, 4) is 11.5 Å². The Morgan fingerprint density at radius 3 is 2.38 bits per heavy atom. The first-order chi connectivity index (χ1) is 9.80. The van der Waals surface area contributed by atoms with Gasteiger partial charge in [-0.25, -0.2) is 4.79 Å². The average molecular weight is 297 g/mol. The molecule has 0 saturated carbocycles. The molecule has 2 N–H and O–H groups in total. The zero-order chi connectivity index (χ0) is 16.0. The van der Waals surface area contributed by atoms with Crippen LogP contribution in [0.5, 0.6) is 11.5 Å². The van der Waals surface area contributed by atoms with Crippen LogP contribution in [0.15, 0.2) is 12.1 Å². The lowest BCUT2D eigenvalue weighted by molar-refractivity contribution is 0.0635. The minimum atomic E-state index is -0.593. The molecule has 0 aliphatic carbocycles. The van der Waals surface area contributed by atoms with Crippen LogP contribution in [0, 0.1) is 0 Å². The van der Waals surface area contributed by atoms with Gasteiger partial charge in [-0.3, -0.25) is 5.32 Å². The second kappa shape index (κ2) is 7.17. The maximum atomic E-state index is 11.9. The van der Waals surface area contributed by atoms with Gasteiger partial charge in [0.05, 0.1) is 19.9 Å². The molecule has 21 heavy (non-hydrogen) atoms. The van der Waals surface area contributed by atoms with Crippen molar-refractivity contribution in [3.63, 3.8) is 0 Å². The number of amides is 1. The van der Waals surface area contributed by atoms with Crippen molar-refractivity contribution in [1.82, 2.24) is 0 Å². The van der Waals surface area contributed by atoms with Gasteiger partial charge in [-0.2, -0.15) is 0 Å². The number of aliphatic hydroxyl groups is 1. The van der Waals surface area contributed by atoms with Gasteiger partial charge in [-0.05, 0) is 44.9 Å². The Morgan fingerprint density at radius 1 is 1.24 bits per heavy atom. The number of aliphatic hydroxyl groups excluding tert-OH is 1. The largest absolute Gasteiger partial charge is 0.493 e. The first-order valence-electron chi connectivity index (χ1n) is 6.66. The lowest BCUT2D eigenvalue weighted by atomic mass is 10.1. The third-order valence-corrected chi connectivity index (χ3v) is 2.57. The fourth-order valence-electron chi connectivity index (χ4n) is 1.80. The molecule has 0 heterocycles. The van der Waals surface area contributed by atoms with Gasteiger partial charge in [0.25, 0.3) is 0 Å². The van der Waals surface area contributed by atoms with Gasteiger partial charge in [0.1, 0.15) is 5.60 Å². The van der Waals surface area contributed by atoms with E-state index in [1.54, 1.807) is 32.9 Å². The van der Waals surface area contributed by atoms with Crippen LogP contribution in [0.25, 0.3) is 0 Å². The van der Waals surface area contributed by atoms with Gasteiger partial charge < -0.3 is 19.3 Å². The normalized spacial score (nSPS) is 11.0. The summed E-state index contributed by atoms with van der Waals surface area (Å²) in [6, 6.07) is 3.48. The van der Waals surface area contributed by atoms with Crippen LogP contribution in [0.3, 0.4) is 0 Å². The molecule has 1 aromatic rings. The Hall–Kier alpha value is -1.95. The molecule has 0 aliphatic heterocycles. The van der Waals surface area contributed by atoms with E-state index in [1.165, 1.54) is 14.2 Å². The van der Waals surface area contributed by atoms with Gasteiger partial charge in [0.2, 0.25) is 0 Å². The maximum Gasteiger partial charge on any atom is 0.412 e. The molecule has 6 heteroatoms. The summed E-state index contributed by atoms with van der Waals surface area (Å²) in [6.45, 7) is 5.35. The van der Waals surface area contributed by atoms with E-state index in [0.717, 1.165) is 5.56 Å². The Labute approximate surface area is 125 Å². The molecule has 1 aromatic carbocycles. The monoisotopic (exact) mass is 297 g/mol. The third kappa shape index (κ3) is 5.15. The maximum absolute atomic E-state index is 11.9. The first-order valence-corrected chi connectivity index (χ1v) is 6.66. The Bertz CT molecular complexity index is 494. The number of hydrogen-bond acceptors (Lipinski definition) is 5. The van der Waals surface area contributed by atoms with E-state index in [4.69, 9.17) is 19.3 Å². The smallest absolute Gasteiger partial charge is 0.412 e. The predicted molar refractivity (Wildman–Crippen MR) is 80.2 cm³/mol. The topological polar surface area (TPSA) is 77.0 Å². The van der Waals surface area contributed by atoms with E-state index in [2.05, 4.69) is 5.32 Å². The van der Waals surface area contributed by atoms with Crippen LogP contribution in [-0.2, 0) is 11.2 Å². The predicted octanol–water partition coefficient (Wildman–Crippen LogP) is 2.59. The van der Waals surface area contributed by atoms with Gasteiger partial charge in [0.15, 0.2) is 11.5 Å². The van der Waals surface area contributed by atoms with Crippen LogP contribution in [-0.4, -0.2) is 37.6 Å². The number of anilines is 1. The molecule has 0 atom stereocenters. The summed E-state index contributed by atoms with van der Waals surface area (Å²) in [5.74, 6) is 0.888. The van der Waals surface area contributed by atoms with E-state index in [9.17, 15) is 4.79 Å². The average Bonchev–Trinajstić information content (AvgIpc) is 2.36. The SMILES string of the molecule is COc1cc(CCO)cc(NC(=O)OC(C)(C)C)c1OC. The number of nitrogens with one attached hydrogen (secondary N) is 1. The molecule has 118 valence electrons. The van der Waals surface area contributed by atoms with E-state index in [0.29, 0.717) is 23.6 Å². The molecule has 6 nitrogen and oxygen atoms in total. The molecule has 0 bridgehead atoms. The Balaban J connectivity index is 3.08. The Morgan fingerprint density at radius 2 is 1.90 bits per heavy atom. The fraction of sp³-hybridized carbons (Fsp3) is 0.533. The van der Waals surface area contributed by atoms with E-state index in [1.807, 2.05) is 0 Å². The van der Waals surface area contributed by atoms with E-state index >= 15 is 0 Å². The van der Waals surface area contributed by atoms with Gasteiger partial charge in [-0.15, -0.1) is 0 Å². The van der Waals surface area contributed by atoms with Crippen LogP contribution in [0.1, 0.15) is 26.3 Å². The zero-order valence-electron chi connectivity index (χ0n) is 13.1. The summed E-state index contributed by atoms with van der Waals surface area (Å²) >= 11 is 0. The van der Waals surface area contributed by atoms with Gasteiger partial charge in [-0.1, -0.05) is 0 Å². The molecule has 0 saturated heterocycles. The van der Waals surface area contributed by atoms with Crippen molar-refractivity contribution in [1.29, 1.82) is 0 Å². The molecule has 0 unspecified atom stereocenters.